The maximum absolute atomic E-state index is 12.9. The predicted molar refractivity (Wildman–Crippen MR) is 117 cm³/mol. The summed E-state index contributed by atoms with van der Waals surface area (Å²) < 4.78 is 27.3. The zero-order valence-electron chi connectivity index (χ0n) is 16.5. The number of piperidine rings is 1. The topological polar surface area (TPSA) is 69.7 Å². The van der Waals surface area contributed by atoms with E-state index in [1.165, 1.54) is 0 Å². The maximum atomic E-state index is 12.9. The summed E-state index contributed by atoms with van der Waals surface area (Å²) in [5.74, 6) is -0.125. The number of benzene rings is 2. The van der Waals surface area contributed by atoms with Gasteiger partial charge in [-0.2, -0.15) is 4.31 Å². The molecule has 1 saturated heterocycles. The molecule has 0 atom stereocenters. The second-order valence-corrected chi connectivity index (χ2v) is 8.91. The molecule has 154 valence electrons. The molecule has 2 aromatic rings. The van der Waals surface area contributed by atoms with E-state index in [0.717, 1.165) is 24.9 Å². The molecule has 6 nitrogen and oxygen atoms in total. The van der Waals surface area contributed by atoms with Crippen LogP contribution >= 0.6 is 0 Å². The molecule has 0 aliphatic carbocycles. The van der Waals surface area contributed by atoms with Gasteiger partial charge < -0.3 is 10.2 Å². The lowest BCUT2D eigenvalue weighted by molar-refractivity contribution is -0.116. The second-order valence-electron chi connectivity index (χ2n) is 6.97. The van der Waals surface area contributed by atoms with Crippen LogP contribution in [0.5, 0.6) is 0 Å². The molecular formula is C22H27N3O3S. The summed E-state index contributed by atoms with van der Waals surface area (Å²) in [6.07, 6.45) is 4.53. The van der Waals surface area contributed by atoms with Crippen LogP contribution in [0.25, 0.3) is 0 Å². The van der Waals surface area contributed by atoms with Crippen molar-refractivity contribution in [3.05, 3.63) is 67.3 Å². The largest absolute Gasteiger partial charge is 0.376 e. The molecule has 7 heteroatoms. The molecule has 1 N–H and O–H groups in total. The smallest absolute Gasteiger partial charge is 0.246 e. The monoisotopic (exact) mass is 413 g/mol. The molecule has 0 radical (unpaired) electrons. The van der Waals surface area contributed by atoms with Crippen LogP contribution in [0.2, 0.25) is 0 Å². The first kappa shape index (κ1) is 21.1. The molecule has 1 amide bonds. The van der Waals surface area contributed by atoms with Crippen molar-refractivity contribution < 1.29 is 13.2 Å². The van der Waals surface area contributed by atoms with Crippen molar-refractivity contribution >= 4 is 27.3 Å². The number of hydrogen-bond acceptors (Lipinski definition) is 4. The van der Waals surface area contributed by atoms with Crippen LogP contribution in [-0.2, 0) is 14.8 Å². The van der Waals surface area contributed by atoms with Crippen molar-refractivity contribution in [1.29, 1.82) is 0 Å². The molecule has 0 unspecified atom stereocenters. The van der Waals surface area contributed by atoms with Gasteiger partial charge in [0.25, 0.3) is 0 Å². The lowest BCUT2D eigenvalue weighted by Gasteiger charge is -2.26. The second kappa shape index (κ2) is 9.71. The Morgan fingerprint density at radius 3 is 2.48 bits per heavy atom. The Kier molecular flexibility index (Phi) is 7.06. The molecule has 1 aliphatic heterocycles. The van der Waals surface area contributed by atoms with E-state index < -0.39 is 10.0 Å². The Balaban J connectivity index is 1.70. The van der Waals surface area contributed by atoms with E-state index in [0.29, 0.717) is 25.3 Å². The van der Waals surface area contributed by atoms with Gasteiger partial charge >= 0.3 is 0 Å². The third kappa shape index (κ3) is 5.25. The van der Waals surface area contributed by atoms with Crippen LogP contribution < -0.4 is 10.2 Å². The van der Waals surface area contributed by atoms with E-state index in [1.807, 2.05) is 30.3 Å². The number of anilines is 2. The summed E-state index contributed by atoms with van der Waals surface area (Å²) in [7, 11) is -3.51. The summed E-state index contributed by atoms with van der Waals surface area (Å²) in [5.41, 5.74) is 1.39. The number of hydrogen-bond donors (Lipinski definition) is 1. The molecule has 1 heterocycles. The predicted octanol–water partition coefficient (Wildman–Crippen LogP) is 3.49. The Bertz CT molecular complexity index is 939. The van der Waals surface area contributed by atoms with Crippen molar-refractivity contribution in [2.24, 2.45) is 0 Å². The molecule has 1 fully saturated rings. The minimum absolute atomic E-state index is 0.0515. The van der Waals surface area contributed by atoms with Crippen LogP contribution in [0.3, 0.4) is 0 Å². The first-order chi connectivity index (χ1) is 14.0. The highest BCUT2D eigenvalue weighted by atomic mass is 32.2. The number of rotatable bonds is 8. The molecule has 1 aliphatic rings. The van der Waals surface area contributed by atoms with Crippen molar-refractivity contribution in [3.63, 3.8) is 0 Å². The number of carbonyl (C=O) groups excluding carboxylic acids is 1. The van der Waals surface area contributed by atoms with Gasteiger partial charge in [-0.3, -0.25) is 4.79 Å². The first-order valence-electron chi connectivity index (χ1n) is 9.83. The maximum Gasteiger partial charge on any atom is 0.246 e. The van der Waals surface area contributed by atoms with Crippen LogP contribution in [-0.4, -0.2) is 44.8 Å². The van der Waals surface area contributed by atoms with Crippen LogP contribution in [0.1, 0.15) is 19.3 Å². The molecule has 3 rings (SSSR count). The van der Waals surface area contributed by atoms with Crippen LogP contribution in [0, 0.1) is 0 Å². The Hall–Kier alpha value is -2.64. The van der Waals surface area contributed by atoms with E-state index in [4.69, 9.17) is 0 Å². The summed E-state index contributed by atoms with van der Waals surface area (Å²) in [5, 5.41) is 3.06. The number of carbonyl (C=O) groups is 1. The normalized spacial score (nSPS) is 14.9. The van der Waals surface area contributed by atoms with Gasteiger partial charge in [-0.1, -0.05) is 36.8 Å². The third-order valence-corrected chi connectivity index (χ3v) is 6.81. The van der Waals surface area contributed by atoms with E-state index >= 15 is 0 Å². The number of para-hydroxylation sites is 1. The van der Waals surface area contributed by atoms with Gasteiger partial charge in [0.05, 0.1) is 11.4 Å². The van der Waals surface area contributed by atoms with Gasteiger partial charge in [0.2, 0.25) is 15.9 Å². The van der Waals surface area contributed by atoms with Gasteiger partial charge in [-0.15, -0.1) is 6.58 Å². The summed E-state index contributed by atoms with van der Waals surface area (Å²) >= 11 is 0. The molecule has 2 aromatic carbocycles. The average molecular weight is 414 g/mol. The number of nitrogens with one attached hydrogen (secondary N) is 1. The SMILES string of the molecule is C=CCN(C(=O)CNc1cccc(S(=O)(=O)N2CCCCC2)c1)c1ccccc1. The molecule has 29 heavy (non-hydrogen) atoms. The Morgan fingerprint density at radius 1 is 1.07 bits per heavy atom. The quantitative estimate of drug-likeness (QED) is 0.673. The van der Waals surface area contributed by atoms with Crippen LogP contribution in [0.4, 0.5) is 11.4 Å². The molecular weight excluding hydrogens is 386 g/mol. The minimum atomic E-state index is -3.51. The number of nitrogens with zero attached hydrogens (tertiary/aromatic N) is 2. The molecule has 0 saturated carbocycles. The fourth-order valence-electron chi connectivity index (χ4n) is 3.38. The van der Waals surface area contributed by atoms with Gasteiger partial charge in [0, 0.05) is 31.0 Å². The van der Waals surface area contributed by atoms with Crippen molar-refractivity contribution in [2.75, 3.05) is 36.4 Å². The zero-order valence-corrected chi connectivity index (χ0v) is 17.3. The number of amides is 1. The van der Waals surface area contributed by atoms with E-state index in [9.17, 15) is 13.2 Å². The lowest BCUT2D eigenvalue weighted by atomic mass is 10.2. The zero-order chi connectivity index (χ0) is 20.7. The standard InChI is InChI=1S/C22H27N3O3S/c1-2-14-25(20-11-5-3-6-12-20)22(26)18-23-19-10-9-13-21(17-19)29(27,28)24-15-7-4-8-16-24/h2-3,5-6,9-13,17,23H,1,4,7-8,14-16,18H2. The first-order valence-corrected chi connectivity index (χ1v) is 11.3. The number of sulfonamides is 1. The summed E-state index contributed by atoms with van der Waals surface area (Å²) in [6.45, 7) is 5.30. The highest BCUT2D eigenvalue weighted by molar-refractivity contribution is 7.89. The molecule has 0 aromatic heterocycles. The minimum Gasteiger partial charge on any atom is -0.376 e. The van der Waals surface area contributed by atoms with E-state index in [1.54, 1.807) is 39.5 Å². The van der Waals surface area contributed by atoms with Gasteiger partial charge in [-0.25, -0.2) is 8.42 Å². The van der Waals surface area contributed by atoms with Crippen LogP contribution in [0.15, 0.2) is 72.1 Å². The van der Waals surface area contributed by atoms with Crippen molar-refractivity contribution in [2.45, 2.75) is 24.2 Å². The van der Waals surface area contributed by atoms with E-state index in [-0.39, 0.29) is 17.3 Å². The summed E-state index contributed by atoms with van der Waals surface area (Å²) in [4.78, 5) is 14.6. The van der Waals surface area contributed by atoms with Gasteiger partial charge in [-0.05, 0) is 43.2 Å². The average Bonchev–Trinajstić information content (AvgIpc) is 2.77. The Labute approximate surface area is 172 Å². The molecule has 0 spiro atoms. The highest BCUT2D eigenvalue weighted by Gasteiger charge is 2.26. The van der Waals surface area contributed by atoms with Crippen molar-refractivity contribution in [1.82, 2.24) is 4.31 Å². The Morgan fingerprint density at radius 2 is 1.79 bits per heavy atom. The van der Waals surface area contributed by atoms with Gasteiger partial charge in [0.15, 0.2) is 0 Å². The molecule has 0 bridgehead atoms. The van der Waals surface area contributed by atoms with Gasteiger partial charge in [0.1, 0.15) is 0 Å². The lowest BCUT2D eigenvalue weighted by Crippen LogP contribution is -2.36. The highest BCUT2D eigenvalue weighted by Crippen LogP contribution is 2.23. The van der Waals surface area contributed by atoms with E-state index in [2.05, 4.69) is 11.9 Å². The fourth-order valence-corrected chi connectivity index (χ4v) is 4.95. The fraction of sp³-hybridized carbons (Fsp3) is 0.318. The van der Waals surface area contributed by atoms with Crippen molar-refractivity contribution in [3.8, 4) is 0 Å². The third-order valence-electron chi connectivity index (χ3n) is 4.91. The summed E-state index contributed by atoms with van der Waals surface area (Å²) in [6, 6.07) is 16.0.